The van der Waals surface area contributed by atoms with Crippen LogP contribution in [0.25, 0.3) is 11.4 Å². The quantitative estimate of drug-likeness (QED) is 0.913. The highest BCUT2D eigenvalue weighted by Gasteiger charge is 2.12. The molecule has 3 heteroatoms. The number of rotatable bonds is 5. The summed E-state index contributed by atoms with van der Waals surface area (Å²) in [6.07, 6.45) is 1.02. The van der Waals surface area contributed by atoms with E-state index in [2.05, 4.69) is 57.3 Å². The van der Waals surface area contributed by atoms with E-state index in [1.54, 1.807) is 0 Å². The average molecular weight is 283 g/mol. The van der Waals surface area contributed by atoms with Gasteiger partial charge in [0.2, 0.25) is 0 Å². The molecule has 0 saturated heterocycles. The van der Waals surface area contributed by atoms with Crippen molar-refractivity contribution in [3.63, 3.8) is 0 Å². The van der Waals surface area contributed by atoms with Crippen LogP contribution in [0.3, 0.4) is 0 Å². The summed E-state index contributed by atoms with van der Waals surface area (Å²) in [5.41, 5.74) is 5.82. The standard InChI is InChI=1S/C18H25N3/c1-12-6-8-16(9-7-12)18-20-14(3)17(15(4)21-18)10-13(2)11-19-5/h6-9,13,19H,10-11H2,1-5H3. The first-order valence-corrected chi connectivity index (χ1v) is 7.57. The molecule has 112 valence electrons. The predicted molar refractivity (Wildman–Crippen MR) is 88.5 cm³/mol. The highest BCUT2D eigenvalue weighted by Crippen LogP contribution is 2.21. The molecule has 0 aliphatic heterocycles. The fourth-order valence-electron chi connectivity index (χ4n) is 2.64. The molecular formula is C18H25N3. The van der Waals surface area contributed by atoms with Crippen LogP contribution in [-0.2, 0) is 6.42 Å². The van der Waals surface area contributed by atoms with Gasteiger partial charge in [0.1, 0.15) is 0 Å². The van der Waals surface area contributed by atoms with Gasteiger partial charge < -0.3 is 5.32 Å². The van der Waals surface area contributed by atoms with Crippen LogP contribution < -0.4 is 5.32 Å². The van der Waals surface area contributed by atoms with Crippen LogP contribution in [0.1, 0.15) is 29.4 Å². The SMILES string of the molecule is CNCC(C)Cc1c(C)nc(-c2ccc(C)cc2)nc1C. The summed E-state index contributed by atoms with van der Waals surface area (Å²) in [4.78, 5) is 9.43. The van der Waals surface area contributed by atoms with Crippen LogP contribution in [0, 0.1) is 26.7 Å². The predicted octanol–water partition coefficient (Wildman–Crippen LogP) is 3.47. The number of nitrogens with one attached hydrogen (secondary N) is 1. The Balaban J connectivity index is 2.30. The molecule has 1 N–H and O–H groups in total. The van der Waals surface area contributed by atoms with Gasteiger partial charge in [-0.1, -0.05) is 36.8 Å². The zero-order chi connectivity index (χ0) is 15.4. The van der Waals surface area contributed by atoms with Crippen LogP contribution in [0.2, 0.25) is 0 Å². The lowest BCUT2D eigenvalue weighted by Gasteiger charge is -2.15. The molecule has 1 aromatic heterocycles. The van der Waals surface area contributed by atoms with E-state index >= 15 is 0 Å². The number of hydrogen-bond acceptors (Lipinski definition) is 3. The zero-order valence-corrected chi connectivity index (χ0v) is 13.7. The minimum Gasteiger partial charge on any atom is -0.319 e. The fraction of sp³-hybridized carbons (Fsp3) is 0.444. The molecular weight excluding hydrogens is 258 g/mol. The van der Waals surface area contributed by atoms with E-state index < -0.39 is 0 Å². The van der Waals surface area contributed by atoms with Gasteiger partial charge >= 0.3 is 0 Å². The molecule has 0 aliphatic carbocycles. The van der Waals surface area contributed by atoms with Gasteiger partial charge in [-0.05, 0) is 52.3 Å². The van der Waals surface area contributed by atoms with Crippen molar-refractivity contribution in [2.75, 3.05) is 13.6 Å². The summed E-state index contributed by atoms with van der Waals surface area (Å²) in [5, 5.41) is 3.23. The minimum absolute atomic E-state index is 0.584. The number of aryl methyl sites for hydroxylation is 3. The van der Waals surface area contributed by atoms with E-state index in [9.17, 15) is 0 Å². The van der Waals surface area contributed by atoms with Crippen LogP contribution in [0.5, 0.6) is 0 Å². The van der Waals surface area contributed by atoms with Crippen molar-refractivity contribution in [3.8, 4) is 11.4 Å². The smallest absolute Gasteiger partial charge is 0.159 e. The summed E-state index contributed by atoms with van der Waals surface area (Å²) >= 11 is 0. The highest BCUT2D eigenvalue weighted by molar-refractivity contribution is 5.56. The largest absolute Gasteiger partial charge is 0.319 e. The van der Waals surface area contributed by atoms with E-state index in [-0.39, 0.29) is 0 Å². The fourth-order valence-corrected chi connectivity index (χ4v) is 2.64. The van der Waals surface area contributed by atoms with Gasteiger partial charge in [0.05, 0.1) is 0 Å². The first kappa shape index (κ1) is 15.6. The van der Waals surface area contributed by atoms with E-state index in [0.29, 0.717) is 5.92 Å². The van der Waals surface area contributed by atoms with Crippen molar-refractivity contribution >= 4 is 0 Å². The molecule has 1 aromatic carbocycles. The van der Waals surface area contributed by atoms with E-state index in [4.69, 9.17) is 9.97 Å². The number of benzene rings is 1. The van der Waals surface area contributed by atoms with Crippen molar-refractivity contribution in [2.24, 2.45) is 5.92 Å². The number of aromatic nitrogens is 2. The molecule has 0 bridgehead atoms. The number of nitrogens with zero attached hydrogens (tertiary/aromatic N) is 2. The summed E-state index contributed by atoms with van der Waals surface area (Å²) in [6.45, 7) is 9.54. The summed E-state index contributed by atoms with van der Waals surface area (Å²) in [6, 6.07) is 8.39. The molecule has 0 fully saturated rings. The van der Waals surface area contributed by atoms with Crippen LogP contribution >= 0.6 is 0 Å². The Hall–Kier alpha value is -1.74. The second kappa shape index (κ2) is 6.81. The highest BCUT2D eigenvalue weighted by atomic mass is 14.9. The summed E-state index contributed by atoms with van der Waals surface area (Å²) in [5.74, 6) is 1.41. The molecule has 1 heterocycles. The molecule has 3 nitrogen and oxygen atoms in total. The maximum atomic E-state index is 4.72. The van der Waals surface area contributed by atoms with Gasteiger partial charge in [-0.25, -0.2) is 9.97 Å². The zero-order valence-electron chi connectivity index (χ0n) is 13.7. The third-order valence-electron chi connectivity index (χ3n) is 3.84. The van der Waals surface area contributed by atoms with Gasteiger partial charge in [0, 0.05) is 17.0 Å². The molecule has 1 atom stereocenters. The monoisotopic (exact) mass is 283 g/mol. The lowest BCUT2D eigenvalue weighted by Crippen LogP contribution is -2.19. The Morgan fingerprint density at radius 3 is 2.10 bits per heavy atom. The first-order chi connectivity index (χ1) is 10.0. The Kier molecular flexibility index (Phi) is 5.07. The lowest BCUT2D eigenvalue weighted by molar-refractivity contribution is 0.537. The Labute approximate surface area is 127 Å². The second-order valence-electron chi connectivity index (χ2n) is 5.93. The molecule has 0 radical (unpaired) electrons. The van der Waals surface area contributed by atoms with Gasteiger partial charge in [0.15, 0.2) is 5.82 Å². The topological polar surface area (TPSA) is 37.8 Å². The van der Waals surface area contributed by atoms with Crippen molar-refractivity contribution in [1.29, 1.82) is 0 Å². The van der Waals surface area contributed by atoms with Gasteiger partial charge in [0.25, 0.3) is 0 Å². The molecule has 1 unspecified atom stereocenters. The maximum absolute atomic E-state index is 4.72. The normalized spacial score (nSPS) is 12.4. The molecule has 0 aliphatic rings. The van der Waals surface area contributed by atoms with E-state index in [1.165, 1.54) is 11.1 Å². The van der Waals surface area contributed by atoms with E-state index in [1.807, 2.05) is 7.05 Å². The molecule has 0 amide bonds. The van der Waals surface area contributed by atoms with E-state index in [0.717, 1.165) is 35.7 Å². The van der Waals surface area contributed by atoms with Crippen LogP contribution in [-0.4, -0.2) is 23.6 Å². The third kappa shape index (κ3) is 3.88. The maximum Gasteiger partial charge on any atom is 0.159 e. The lowest BCUT2D eigenvalue weighted by atomic mass is 9.98. The summed E-state index contributed by atoms with van der Waals surface area (Å²) in [7, 11) is 1.99. The van der Waals surface area contributed by atoms with Crippen molar-refractivity contribution in [1.82, 2.24) is 15.3 Å². The molecule has 0 spiro atoms. The van der Waals surface area contributed by atoms with Crippen LogP contribution in [0.4, 0.5) is 0 Å². The molecule has 0 saturated carbocycles. The molecule has 2 aromatic rings. The molecule has 21 heavy (non-hydrogen) atoms. The third-order valence-corrected chi connectivity index (χ3v) is 3.84. The van der Waals surface area contributed by atoms with Gasteiger partial charge in [-0.3, -0.25) is 0 Å². The van der Waals surface area contributed by atoms with Crippen LogP contribution in [0.15, 0.2) is 24.3 Å². The Morgan fingerprint density at radius 2 is 1.57 bits per heavy atom. The van der Waals surface area contributed by atoms with Gasteiger partial charge in [-0.2, -0.15) is 0 Å². The first-order valence-electron chi connectivity index (χ1n) is 7.57. The van der Waals surface area contributed by atoms with Crippen molar-refractivity contribution < 1.29 is 0 Å². The second-order valence-corrected chi connectivity index (χ2v) is 5.93. The molecule has 2 rings (SSSR count). The average Bonchev–Trinajstić information content (AvgIpc) is 2.44. The van der Waals surface area contributed by atoms with Crippen molar-refractivity contribution in [3.05, 3.63) is 46.8 Å². The summed E-state index contributed by atoms with van der Waals surface area (Å²) < 4.78 is 0. The Morgan fingerprint density at radius 1 is 1.00 bits per heavy atom. The van der Waals surface area contributed by atoms with Gasteiger partial charge in [-0.15, -0.1) is 0 Å². The minimum atomic E-state index is 0.584. The number of hydrogen-bond donors (Lipinski definition) is 1. The van der Waals surface area contributed by atoms with Crippen molar-refractivity contribution in [2.45, 2.75) is 34.1 Å². The Bertz CT molecular complexity index is 579.